The molecular weight excluding hydrogens is 162 g/mol. The Labute approximate surface area is 80.0 Å². The first-order valence-corrected chi connectivity index (χ1v) is 5.74. The van der Waals surface area contributed by atoms with Gasteiger partial charge in [0.25, 0.3) is 0 Å². The molecule has 74 valence electrons. The van der Waals surface area contributed by atoms with Crippen LogP contribution in [0.4, 0.5) is 0 Å². The van der Waals surface area contributed by atoms with E-state index in [-0.39, 0.29) is 0 Å². The van der Waals surface area contributed by atoms with Crippen molar-refractivity contribution < 1.29 is 4.74 Å². The van der Waals surface area contributed by atoms with E-state index in [4.69, 9.17) is 4.74 Å². The summed E-state index contributed by atoms with van der Waals surface area (Å²) in [6.45, 7) is 3.35. The molecule has 0 aromatic carbocycles. The number of rotatable bonds is 4. The molecule has 1 saturated heterocycles. The minimum absolute atomic E-state index is 0.890. The van der Waals surface area contributed by atoms with Gasteiger partial charge in [0.05, 0.1) is 0 Å². The molecule has 0 aromatic rings. The summed E-state index contributed by atoms with van der Waals surface area (Å²) in [7, 11) is 0. The first-order chi connectivity index (χ1) is 6.43. The third-order valence-electron chi connectivity index (χ3n) is 3.79. The molecular formula is C11H19NO. The Balaban J connectivity index is 1.38. The van der Waals surface area contributed by atoms with Gasteiger partial charge in [0.1, 0.15) is 0 Å². The van der Waals surface area contributed by atoms with Gasteiger partial charge in [-0.05, 0) is 50.0 Å². The zero-order chi connectivity index (χ0) is 8.67. The lowest BCUT2D eigenvalue weighted by Gasteiger charge is -2.06. The largest absolute Gasteiger partial charge is 0.381 e. The van der Waals surface area contributed by atoms with Crippen molar-refractivity contribution in [2.75, 3.05) is 19.8 Å². The fraction of sp³-hybridized carbons (Fsp3) is 1.00. The number of hydrogen-bond acceptors (Lipinski definition) is 2. The topological polar surface area (TPSA) is 21.3 Å². The Bertz CT molecular complexity index is 185. The van der Waals surface area contributed by atoms with Gasteiger partial charge in [-0.25, -0.2) is 0 Å². The monoisotopic (exact) mass is 181 g/mol. The van der Waals surface area contributed by atoms with Crippen molar-refractivity contribution in [2.45, 2.75) is 31.7 Å². The van der Waals surface area contributed by atoms with Gasteiger partial charge in [-0.2, -0.15) is 0 Å². The number of ether oxygens (including phenoxy) is 1. The number of hydrogen-bond donors (Lipinski definition) is 1. The Morgan fingerprint density at radius 2 is 2.15 bits per heavy atom. The highest BCUT2D eigenvalue weighted by Crippen LogP contribution is 2.46. The van der Waals surface area contributed by atoms with Gasteiger partial charge in [0, 0.05) is 19.3 Å². The minimum Gasteiger partial charge on any atom is -0.381 e. The van der Waals surface area contributed by atoms with Crippen LogP contribution >= 0.6 is 0 Å². The quantitative estimate of drug-likeness (QED) is 0.708. The molecule has 13 heavy (non-hydrogen) atoms. The van der Waals surface area contributed by atoms with Crippen LogP contribution in [0.2, 0.25) is 0 Å². The van der Waals surface area contributed by atoms with Crippen LogP contribution in [-0.4, -0.2) is 25.8 Å². The van der Waals surface area contributed by atoms with Crippen molar-refractivity contribution in [3.05, 3.63) is 0 Å². The first-order valence-electron chi connectivity index (χ1n) is 5.74. The summed E-state index contributed by atoms with van der Waals surface area (Å²) in [6, 6.07) is 0.890. The number of nitrogens with one attached hydrogen (secondary N) is 1. The van der Waals surface area contributed by atoms with E-state index in [1.54, 1.807) is 0 Å². The van der Waals surface area contributed by atoms with E-state index in [0.29, 0.717) is 0 Å². The maximum absolute atomic E-state index is 5.42. The van der Waals surface area contributed by atoms with E-state index in [1.807, 2.05) is 0 Å². The highest BCUT2D eigenvalue weighted by Gasteiger charge is 2.44. The second kappa shape index (κ2) is 3.25. The third-order valence-corrected chi connectivity index (χ3v) is 3.79. The molecule has 1 aliphatic heterocycles. The summed E-state index contributed by atoms with van der Waals surface area (Å²) in [4.78, 5) is 0. The molecule has 2 aliphatic carbocycles. The molecule has 1 heterocycles. The standard InChI is InChI=1S/C11H19NO/c1-2-10(1)12-6-9-5-11(9)8-3-4-13-7-8/h8-12H,1-7H2. The normalized spacial score (nSPS) is 43.8. The fourth-order valence-corrected chi connectivity index (χ4v) is 2.58. The van der Waals surface area contributed by atoms with Crippen molar-refractivity contribution in [2.24, 2.45) is 17.8 Å². The molecule has 3 aliphatic rings. The van der Waals surface area contributed by atoms with Gasteiger partial charge >= 0.3 is 0 Å². The third kappa shape index (κ3) is 1.89. The second-order valence-electron chi connectivity index (χ2n) is 4.97. The summed E-state index contributed by atoms with van der Waals surface area (Å²) in [6.07, 6.45) is 5.63. The van der Waals surface area contributed by atoms with Crippen molar-refractivity contribution in [3.63, 3.8) is 0 Å². The maximum atomic E-state index is 5.42. The zero-order valence-corrected chi connectivity index (χ0v) is 8.17. The smallest absolute Gasteiger partial charge is 0.0497 e. The van der Waals surface area contributed by atoms with Crippen molar-refractivity contribution in [1.82, 2.24) is 5.32 Å². The van der Waals surface area contributed by atoms with Crippen molar-refractivity contribution in [1.29, 1.82) is 0 Å². The second-order valence-corrected chi connectivity index (χ2v) is 4.97. The molecule has 3 rings (SSSR count). The summed E-state index contributed by atoms with van der Waals surface area (Å²) in [5.41, 5.74) is 0. The van der Waals surface area contributed by atoms with Gasteiger partial charge in [0.15, 0.2) is 0 Å². The Hall–Kier alpha value is -0.0800. The van der Waals surface area contributed by atoms with Gasteiger partial charge in [0.2, 0.25) is 0 Å². The molecule has 0 bridgehead atoms. The molecule has 2 nitrogen and oxygen atoms in total. The van der Waals surface area contributed by atoms with Gasteiger partial charge in [-0.3, -0.25) is 0 Å². The molecule has 0 amide bonds. The Morgan fingerprint density at radius 1 is 1.23 bits per heavy atom. The van der Waals surface area contributed by atoms with Gasteiger partial charge < -0.3 is 10.1 Å². The SMILES string of the molecule is C1CC(C2CC2CNC2CC2)CO1. The highest BCUT2D eigenvalue weighted by molar-refractivity contribution is 4.95. The Morgan fingerprint density at radius 3 is 2.85 bits per heavy atom. The molecule has 0 aromatic heterocycles. The average molecular weight is 181 g/mol. The zero-order valence-electron chi connectivity index (χ0n) is 8.17. The van der Waals surface area contributed by atoms with E-state index in [1.165, 1.54) is 32.2 Å². The molecule has 1 N–H and O–H groups in total. The highest BCUT2D eigenvalue weighted by atomic mass is 16.5. The van der Waals surface area contributed by atoms with Crippen LogP contribution in [0.1, 0.15) is 25.7 Å². The van der Waals surface area contributed by atoms with Crippen LogP contribution in [0.5, 0.6) is 0 Å². The predicted molar refractivity (Wildman–Crippen MR) is 51.5 cm³/mol. The van der Waals surface area contributed by atoms with Crippen molar-refractivity contribution in [3.8, 4) is 0 Å². The van der Waals surface area contributed by atoms with Crippen LogP contribution in [-0.2, 0) is 4.74 Å². The average Bonchev–Trinajstić information content (AvgIpc) is 3.04. The van der Waals surface area contributed by atoms with Crippen LogP contribution < -0.4 is 5.32 Å². The molecule has 2 heteroatoms. The summed E-state index contributed by atoms with van der Waals surface area (Å²) >= 11 is 0. The van der Waals surface area contributed by atoms with E-state index < -0.39 is 0 Å². The van der Waals surface area contributed by atoms with E-state index in [0.717, 1.165) is 37.0 Å². The van der Waals surface area contributed by atoms with E-state index >= 15 is 0 Å². The molecule has 3 atom stereocenters. The lowest BCUT2D eigenvalue weighted by Crippen LogP contribution is -2.20. The molecule has 3 fully saturated rings. The minimum atomic E-state index is 0.890. The van der Waals surface area contributed by atoms with Crippen LogP contribution in [0.15, 0.2) is 0 Å². The molecule has 0 spiro atoms. The van der Waals surface area contributed by atoms with Gasteiger partial charge in [-0.15, -0.1) is 0 Å². The lowest BCUT2D eigenvalue weighted by molar-refractivity contribution is 0.181. The first kappa shape index (κ1) is 8.25. The van der Waals surface area contributed by atoms with E-state index in [2.05, 4.69) is 5.32 Å². The molecule has 0 radical (unpaired) electrons. The van der Waals surface area contributed by atoms with Crippen LogP contribution in [0.3, 0.4) is 0 Å². The van der Waals surface area contributed by atoms with Crippen LogP contribution in [0.25, 0.3) is 0 Å². The summed E-state index contributed by atoms with van der Waals surface area (Å²) < 4.78 is 5.42. The van der Waals surface area contributed by atoms with Crippen LogP contribution in [0, 0.1) is 17.8 Å². The van der Waals surface area contributed by atoms with Crippen molar-refractivity contribution >= 4 is 0 Å². The Kier molecular flexibility index (Phi) is 2.06. The summed E-state index contributed by atoms with van der Waals surface area (Å²) in [5.74, 6) is 2.91. The van der Waals surface area contributed by atoms with Gasteiger partial charge in [-0.1, -0.05) is 0 Å². The fourth-order valence-electron chi connectivity index (χ4n) is 2.58. The van der Waals surface area contributed by atoms with E-state index in [9.17, 15) is 0 Å². The predicted octanol–water partition coefficient (Wildman–Crippen LogP) is 1.41. The molecule has 3 unspecified atom stereocenters. The molecule has 2 saturated carbocycles. The summed E-state index contributed by atoms with van der Waals surface area (Å²) in [5, 5.41) is 3.63. The lowest BCUT2D eigenvalue weighted by atomic mass is 10.0. The maximum Gasteiger partial charge on any atom is 0.0497 e.